The van der Waals surface area contributed by atoms with Crippen LogP contribution in [0.15, 0.2) is 61.2 Å². The van der Waals surface area contributed by atoms with E-state index in [9.17, 15) is 0 Å². The number of methoxy groups -OCH3 is 2. The van der Waals surface area contributed by atoms with Crippen molar-refractivity contribution in [3.05, 3.63) is 66.7 Å². The predicted molar refractivity (Wildman–Crippen MR) is 123 cm³/mol. The number of benzene rings is 1. The molecule has 0 N–H and O–H groups in total. The summed E-state index contributed by atoms with van der Waals surface area (Å²) in [6.07, 6.45) is 7.48. The molecule has 1 saturated heterocycles. The highest BCUT2D eigenvalue weighted by molar-refractivity contribution is 5.72. The minimum atomic E-state index is 0.698. The molecule has 5 rings (SSSR count). The average molecular weight is 431 g/mol. The topological polar surface area (TPSA) is 68.0 Å². The summed E-state index contributed by atoms with van der Waals surface area (Å²) < 4.78 is 12.9. The molecule has 0 saturated carbocycles. The summed E-state index contributed by atoms with van der Waals surface area (Å²) in [5.41, 5.74) is 4.06. The Balaban J connectivity index is 1.34. The van der Waals surface area contributed by atoms with E-state index >= 15 is 0 Å². The Labute approximate surface area is 187 Å². The maximum Gasteiger partial charge on any atom is 0.217 e. The number of ether oxygens (including phenoxy) is 2. The SMILES string of the molecule is COc1cccc(-c2cnc3c(N4CCN(Cc5cccnc5OC)CC4)nccn23)c1. The Hall–Kier alpha value is -3.65. The van der Waals surface area contributed by atoms with Crippen LogP contribution in [0.5, 0.6) is 11.6 Å². The first-order valence-corrected chi connectivity index (χ1v) is 10.7. The van der Waals surface area contributed by atoms with Crippen molar-refractivity contribution in [2.75, 3.05) is 45.3 Å². The second kappa shape index (κ2) is 8.84. The standard InChI is InChI=1S/C24H26N6O2/c1-31-20-7-3-5-18(15-20)21-16-27-23-22(25-9-10-30(21)23)29-13-11-28(12-14-29)17-19-6-4-8-26-24(19)32-2/h3-10,15-16H,11-14,17H2,1-2H3. The van der Waals surface area contributed by atoms with Gasteiger partial charge in [-0.2, -0.15) is 0 Å². The van der Waals surface area contributed by atoms with Crippen molar-refractivity contribution < 1.29 is 9.47 Å². The van der Waals surface area contributed by atoms with E-state index in [4.69, 9.17) is 14.5 Å². The first-order valence-electron chi connectivity index (χ1n) is 10.7. The van der Waals surface area contributed by atoms with Gasteiger partial charge in [0.25, 0.3) is 0 Å². The van der Waals surface area contributed by atoms with Gasteiger partial charge in [-0.05, 0) is 18.2 Å². The van der Waals surface area contributed by atoms with Crippen molar-refractivity contribution in [2.45, 2.75) is 6.54 Å². The van der Waals surface area contributed by atoms with Crippen LogP contribution in [0.2, 0.25) is 0 Å². The Morgan fingerprint density at radius 2 is 1.78 bits per heavy atom. The van der Waals surface area contributed by atoms with Gasteiger partial charge >= 0.3 is 0 Å². The molecule has 1 aliphatic rings. The summed E-state index contributed by atoms with van der Waals surface area (Å²) in [5.74, 6) is 2.44. The zero-order valence-corrected chi connectivity index (χ0v) is 18.3. The summed E-state index contributed by atoms with van der Waals surface area (Å²) in [6.45, 7) is 4.47. The van der Waals surface area contributed by atoms with Gasteiger partial charge in [0, 0.05) is 62.4 Å². The fraction of sp³-hybridized carbons (Fsp3) is 0.292. The third kappa shape index (κ3) is 3.85. The van der Waals surface area contributed by atoms with Crippen molar-refractivity contribution in [2.24, 2.45) is 0 Å². The molecule has 4 heterocycles. The second-order valence-corrected chi connectivity index (χ2v) is 7.75. The summed E-state index contributed by atoms with van der Waals surface area (Å²) >= 11 is 0. The summed E-state index contributed by atoms with van der Waals surface area (Å²) in [6, 6.07) is 12.1. The Bertz CT molecular complexity index is 1220. The zero-order valence-electron chi connectivity index (χ0n) is 18.3. The van der Waals surface area contributed by atoms with Gasteiger partial charge in [-0.25, -0.2) is 15.0 Å². The fourth-order valence-corrected chi connectivity index (χ4v) is 4.21. The maximum absolute atomic E-state index is 5.40. The number of hydrogen-bond donors (Lipinski definition) is 0. The molecular formula is C24H26N6O2. The maximum atomic E-state index is 5.40. The molecule has 164 valence electrons. The first kappa shape index (κ1) is 20.3. The number of fused-ring (bicyclic) bond motifs is 1. The van der Waals surface area contributed by atoms with Crippen LogP contribution in [0.1, 0.15) is 5.56 Å². The molecule has 0 spiro atoms. The highest BCUT2D eigenvalue weighted by atomic mass is 16.5. The lowest BCUT2D eigenvalue weighted by atomic mass is 10.1. The summed E-state index contributed by atoms with van der Waals surface area (Å²) in [7, 11) is 3.35. The van der Waals surface area contributed by atoms with Crippen LogP contribution in [0.4, 0.5) is 5.82 Å². The number of aromatic nitrogens is 4. The quantitative estimate of drug-likeness (QED) is 0.466. The molecule has 3 aromatic heterocycles. The molecule has 8 nitrogen and oxygen atoms in total. The molecule has 8 heteroatoms. The lowest BCUT2D eigenvalue weighted by molar-refractivity contribution is 0.244. The predicted octanol–water partition coefficient (Wildman–Crippen LogP) is 3.13. The number of anilines is 1. The van der Waals surface area contributed by atoms with Crippen molar-refractivity contribution in [1.82, 2.24) is 24.3 Å². The van der Waals surface area contributed by atoms with Gasteiger partial charge in [0.05, 0.1) is 26.1 Å². The van der Waals surface area contributed by atoms with Crippen LogP contribution in [-0.4, -0.2) is 64.7 Å². The molecule has 0 unspecified atom stereocenters. The van der Waals surface area contributed by atoms with Gasteiger partial charge in [0.1, 0.15) is 5.75 Å². The Morgan fingerprint density at radius 1 is 0.906 bits per heavy atom. The van der Waals surface area contributed by atoms with Crippen molar-refractivity contribution in [3.63, 3.8) is 0 Å². The highest BCUT2D eigenvalue weighted by Gasteiger charge is 2.22. The smallest absolute Gasteiger partial charge is 0.217 e. The second-order valence-electron chi connectivity index (χ2n) is 7.75. The van der Waals surface area contributed by atoms with Gasteiger partial charge in [-0.15, -0.1) is 0 Å². The highest BCUT2D eigenvalue weighted by Crippen LogP contribution is 2.28. The minimum absolute atomic E-state index is 0.698. The summed E-state index contributed by atoms with van der Waals surface area (Å²) in [4.78, 5) is 18.4. The van der Waals surface area contributed by atoms with E-state index in [-0.39, 0.29) is 0 Å². The zero-order chi connectivity index (χ0) is 21.9. The van der Waals surface area contributed by atoms with Crippen LogP contribution in [0.25, 0.3) is 16.9 Å². The van der Waals surface area contributed by atoms with Crippen molar-refractivity contribution in [1.29, 1.82) is 0 Å². The van der Waals surface area contributed by atoms with Crippen molar-refractivity contribution >= 4 is 11.5 Å². The molecule has 32 heavy (non-hydrogen) atoms. The van der Waals surface area contributed by atoms with Gasteiger partial charge in [0.15, 0.2) is 11.5 Å². The number of imidazole rings is 1. The first-order chi connectivity index (χ1) is 15.8. The number of hydrogen-bond acceptors (Lipinski definition) is 7. The number of rotatable bonds is 6. The third-order valence-corrected chi connectivity index (χ3v) is 5.88. The Kier molecular flexibility index (Phi) is 5.60. The van der Waals surface area contributed by atoms with Crippen LogP contribution >= 0.6 is 0 Å². The molecule has 1 aromatic carbocycles. The van der Waals surface area contributed by atoms with Gasteiger partial charge < -0.3 is 14.4 Å². The van der Waals surface area contributed by atoms with E-state index in [2.05, 4.69) is 36.3 Å². The third-order valence-electron chi connectivity index (χ3n) is 5.88. The molecule has 0 bridgehead atoms. The van der Waals surface area contributed by atoms with E-state index < -0.39 is 0 Å². The Morgan fingerprint density at radius 3 is 2.59 bits per heavy atom. The molecule has 0 atom stereocenters. The fourth-order valence-electron chi connectivity index (χ4n) is 4.21. The molecule has 1 aliphatic heterocycles. The molecule has 0 radical (unpaired) electrons. The monoisotopic (exact) mass is 430 g/mol. The average Bonchev–Trinajstić information content (AvgIpc) is 3.29. The number of piperazine rings is 1. The van der Waals surface area contributed by atoms with Gasteiger partial charge in [0.2, 0.25) is 5.88 Å². The molecule has 1 fully saturated rings. The molecule has 0 amide bonds. The van der Waals surface area contributed by atoms with Crippen molar-refractivity contribution in [3.8, 4) is 22.9 Å². The van der Waals surface area contributed by atoms with E-state index in [0.29, 0.717) is 5.88 Å². The molecular weight excluding hydrogens is 404 g/mol. The van der Waals surface area contributed by atoms with E-state index in [1.807, 2.05) is 42.9 Å². The van der Waals surface area contributed by atoms with Gasteiger partial charge in [-0.1, -0.05) is 18.2 Å². The van der Waals surface area contributed by atoms with Crippen LogP contribution in [-0.2, 0) is 6.54 Å². The van der Waals surface area contributed by atoms with Crippen LogP contribution in [0.3, 0.4) is 0 Å². The van der Waals surface area contributed by atoms with E-state index in [1.54, 1.807) is 20.4 Å². The van der Waals surface area contributed by atoms with Gasteiger partial charge in [-0.3, -0.25) is 9.30 Å². The molecule has 4 aromatic rings. The van der Waals surface area contributed by atoms with Crippen LogP contribution in [0, 0.1) is 0 Å². The lowest BCUT2D eigenvalue weighted by Gasteiger charge is -2.35. The normalized spacial score (nSPS) is 14.6. The largest absolute Gasteiger partial charge is 0.497 e. The van der Waals surface area contributed by atoms with E-state index in [1.165, 1.54) is 0 Å². The summed E-state index contributed by atoms with van der Waals surface area (Å²) in [5, 5.41) is 0. The van der Waals surface area contributed by atoms with E-state index in [0.717, 1.165) is 66.8 Å². The number of nitrogens with zero attached hydrogens (tertiary/aromatic N) is 6. The van der Waals surface area contributed by atoms with Crippen LogP contribution < -0.4 is 14.4 Å². The lowest BCUT2D eigenvalue weighted by Crippen LogP contribution is -2.46. The number of pyridine rings is 1. The molecule has 0 aliphatic carbocycles. The minimum Gasteiger partial charge on any atom is -0.497 e.